The van der Waals surface area contributed by atoms with Crippen molar-refractivity contribution >= 4 is 5.91 Å². The van der Waals surface area contributed by atoms with Gasteiger partial charge in [-0.15, -0.1) is 0 Å². The third-order valence-corrected chi connectivity index (χ3v) is 4.67. The van der Waals surface area contributed by atoms with Crippen LogP contribution in [0, 0.1) is 0 Å². The summed E-state index contributed by atoms with van der Waals surface area (Å²) < 4.78 is 5.15. The number of ether oxygens (including phenoxy) is 1. The van der Waals surface area contributed by atoms with Crippen molar-refractivity contribution in [3.05, 3.63) is 30.1 Å². The molecule has 1 amide bonds. The van der Waals surface area contributed by atoms with E-state index in [2.05, 4.69) is 22.0 Å². The minimum Gasteiger partial charge on any atom is -0.383 e. The zero-order valence-corrected chi connectivity index (χ0v) is 12.6. The number of hydrogen-bond donors (Lipinski definition) is 0. The first-order valence-electron chi connectivity index (χ1n) is 7.71. The molecule has 2 saturated heterocycles. The highest BCUT2D eigenvalue weighted by molar-refractivity contribution is 5.77. The van der Waals surface area contributed by atoms with Crippen LogP contribution in [0.3, 0.4) is 0 Å². The van der Waals surface area contributed by atoms with Crippen LogP contribution in [0.5, 0.6) is 0 Å². The molecular weight excluding hydrogens is 266 g/mol. The van der Waals surface area contributed by atoms with Crippen molar-refractivity contribution in [2.24, 2.45) is 0 Å². The lowest BCUT2D eigenvalue weighted by atomic mass is 9.96. The van der Waals surface area contributed by atoms with Crippen LogP contribution in [0.4, 0.5) is 0 Å². The Kier molecular flexibility index (Phi) is 4.51. The van der Waals surface area contributed by atoms with Crippen LogP contribution in [0.2, 0.25) is 0 Å². The van der Waals surface area contributed by atoms with E-state index in [-0.39, 0.29) is 0 Å². The molecule has 0 saturated carbocycles. The Morgan fingerprint density at radius 2 is 2.10 bits per heavy atom. The molecule has 3 heterocycles. The number of likely N-dealkylation sites (tertiary alicyclic amines) is 2. The highest BCUT2D eigenvalue weighted by Crippen LogP contribution is 2.32. The predicted molar refractivity (Wildman–Crippen MR) is 79.7 cm³/mol. The summed E-state index contributed by atoms with van der Waals surface area (Å²) in [5, 5.41) is 0. The lowest BCUT2D eigenvalue weighted by Gasteiger charge is -2.39. The van der Waals surface area contributed by atoms with Gasteiger partial charge in [0.25, 0.3) is 0 Å². The quantitative estimate of drug-likeness (QED) is 0.819. The third-order valence-electron chi connectivity index (χ3n) is 4.67. The first-order valence-corrected chi connectivity index (χ1v) is 7.71. The number of nitrogens with zero attached hydrogens (tertiary/aromatic N) is 3. The fourth-order valence-electron chi connectivity index (χ4n) is 3.64. The molecule has 1 aromatic rings. The molecule has 0 bridgehead atoms. The van der Waals surface area contributed by atoms with Crippen molar-refractivity contribution in [2.75, 3.05) is 26.8 Å². The van der Waals surface area contributed by atoms with Crippen LogP contribution in [0.1, 0.15) is 24.8 Å². The molecular formula is C16H23N3O2. The molecule has 3 rings (SSSR count). The minimum atomic E-state index is 0.291. The molecule has 0 spiro atoms. The Balaban J connectivity index is 1.67. The van der Waals surface area contributed by atoms with Gasteiger partial charge in [-0.1, -0.05) is 0 Å². The van der Waals surface area contributed by atoms with E-state index in [1.54, 1.807) is 7.11 Å². The molecule has 114 valence electrons. The lowest BCUT2D eigenvalue weighted by Crippen LogP contribution is -2.52. The van der Waals surface area contributed by atoms with Gasteiger partial charge in [-0.25, -0.2) is 0 Å². The molecule has 21 heavy (non-hydrogen) atoms. The fourth-order valence-corrected chi connectivity index (χ4v) is 3.64. The van der Waals surface area contributed by atoms with Gasteiger partial charge in [0.15, 0.2) is 0 Å². The lowest BCUT2D eigenvalue weighted by molar-refractivity contribution is -0.138. The number of carbonyl (C=O) groups excluding carboxylic acids is 1. The molecule has 2 fully saturated rings. The van der Waals surface area contributed by atoms with E-state index >= 15 is 0 Å². The standard InChI is InChI=1S/C16H23N3O2/c1-21-11-10-19-15-6-9-18(14(15)2-3-16(19)20)12-13-4-7-17-8-5-13/h4-5,7-8,14-15H,2-3,6,9-12H2,1H3/t14-,15-/m1/s1. The van der Waals surface area contributed by atoms with Crippen molar-refractivity contribution in [3.8, 4) is 0 Å². The van der Waals surface area contributed by atoms with Gasteiger partial charge in [-0.2, -0.15) is 0 Å². The Morgan fingerprint density at radius 1 is 1.29 bits per heavy atom. The van der Waals surface area contributed by atoms with E-state index in [1.165, 1.54) is 5.56 Å². The largest absolute Gasteiger partial charge is 0.383 e. The average Bonchev–Trinajstić information content (AvgIpc) is 2.90. The van der Waals surface area contributed by atoms with Crippen LogP contribution in [0.25, 0.3) is 0 Å². The van der Waals surface area contributed by atoms with Gasteiger partial charge in [0.2, 0.25) is 5.91 Å². The zero-order chi connectivity index (χ0) is 14.7. The number of methoxy groups -OCH3 is 1. The minimum absolute atomic E-state index is 0.291. The number of fused-ring (bicyclic) bond motifs is 1. The number of rotatable bonds is 5. The summed E-state index contributed by atoms with van der Waals surface area (Å²) >= 11 is 0. The second-order valence-electron chi connectivity index (χ2n) is 5.87. The normalized spacial score (nSPS) is 26.1. The summed E-state index contributed by atoms with van der Waals surface area (Å²) in [6.45, 7) is 3.36. The van der Waals surface area contributed by atoms with Crippen LogP contribution in [0.15, 0.2) is 24.5 Å². The monoisotopic (exact) mass is 289 g/mol. The number of pyridine rings is 1. The Hall–Kier alpha value is -1.46. The van der Waals surface area contributed by atoms with E-state index in [0.717, 1.165) is 32.5 Å². The molecule has 0 aromatic carbocycles. The zero-order valence-electron chi connectivity index (χ0n) is 12.6. The summed E-state index contributed by atoms with van der Waals surface area (Å²) in [5.41, 5.74) is 1.30. The molecule has 5 heteroatoms. The molecule has 2 aliphatic rings. The van der Waals surface area contributed by atoms with Gasteiger partial charge < -0.3 is 9.64 Å². The number of hydrogen-bond acceptors (Lipinski definition) is 4. The highest BCUT2D eigenvalue weighted by Gasteiger charge is 2.42. The number of piperidine rings is 1. The van der Waals surface area contributed by atoms with Crippen molar-refractivity contribution < 1.29 is 9.53 Å². The molecule has 2 aliphatic heterocycles. The molecule has 0 radical (unpaired) electrons. The third kappa shape index (κ3) is 3.09. The summed E-state index contributed by atoms with van der Waals surface area (Å²) in [5.74, 6) is 0.291. The molecule has 1 aromatic heterocycles. The number of amides is 1. The van der Waals surface area contributed by atoms with E-state index in [4.69, 9.17) is 4.74 Å². The Labute approximate surface area is 125 Å². The van der Waals surface area contributed by atoms with Crippen LogP contribution in [-0.2, 0) is 16.1 Å². The summed E-state index contributed by atoms with van der Waals surface area (Å²) in [6, 6.07) is 5.00. The SMILES string of the molecule is COCCN1C(=O)CC[C@@H]2[C@H]1CCN2Cc1ccncc1. The van der Waals surface area contributed by atoms with Crippen LogP contribution >= 0.6 is 0 Å². The predicted octanol–water partition coefficient (Wildman–Crippen LogP) is 1.29. The molecule has 2 atom stereocenters. The maximum atomic E-state index is 12.2. The van der Waals surface area contributed by atoms with E-state index in [9.17, 15) is 4.79 Å². The van der Waals surface area contributed by atoms with Crippen molar-refractivity contribution in [3.63, 3.8) is 0 Å². The van der Waals surface area contributed by atoms with Crippen molar-refractivity contribution in [1.29, 1.82) is 0 Å². The van der Waals surface area contributed by atoms with E-state index in [1.807, 2.05) is 17.3 Å². The maximum Gasteiger partial charge on any atom is 0.223 e. The number of carbonyl (C=O) groups is 1. The topological polar surface area (TPSA) is 45.7 Å². The first-order chi connectivity index (χ1) is 10.3. The number of aromatic nitrogens is 1. The summed E-state index contributed by atoms with van der Waals surface area (Å²) in [6.07, 6.45) is 6.41. The highest BCUT2D eigenvalue weighted by atomic mass is 16.5. The van der Waals surface area contributed by atoms with Crippen molar-refractivity contribution in [1.82, 2.24) is 14.8 Å². The van der Waals surface area contributed by atoms with Gasteiger partial charge in [-0.05, 0) is 30.5 Å². The molecule has 0 N–H and O–H groups in total. The second-order valence-corrected chi connectivity index (χ2v) is 5.87. The maximum absolute atomic E-state index is 12.2. The first kappa shape index (κ1) is 14.5. The van der Waals surface area contributed by atoms with Gasteiger partial charge in [0.1, 0.15) is 0 Å². The molecule has 0 unspecified atom stereocenters. The van der Waals surface area contributed by atoms with E-state index < -0.39 is 0 Å². The average molecular weight is 289 g/mol. The summed E-state index contributed by atoms with van der Waals surface area (Å²) in [4.78, 5) is 20.8. The van der Waals surface area contributed by atoms with Crippen LogP contribution < -0.4 is 0 Å². The smallest absolute Gasteiger partial charge is 0.223 e. The van der Waals surface area contributed by atoms with Gasteiger partial charge in [0.05, 0.1) is 6.61 Å². The Morgan fingerprint density at radius 3 is 2.86 bits per heavy atom. The van der Waals surface area contributed by atoms with Crippen LogP contribution in [-0.4, -0.2) is 59.6 Å². The van der Waals surface area contributed by atoms with Gasteiger partial charge in [0, 0.05) is 57.6 Å². The van der Waals surface area contributed by atoms with Gasteiger partial charge in [-0.3, -0.25) is 14.7 Å². The second kappa shape index (κ2) is 6.54. The van der Waals surface area contributed by atoms with Gasteiger partial charge >= 0.3 is 0 Å². The molecule has 5 nitrogen and oxygen atoms in total. The van der Waals surface area contributed by atoms with Crippen molar-refractivity contribution in [2.45, 2.75) is 37.9 Å². The molecule has 0 aliphatic carbocycles. The Bertz CT molecular complexity index is 480. The van der Waals surface area contributed by atoms with E-state index in [0.29, 0.717) is 31.0 Å². The fraction of sp³-hybridized carbons (Fsp3) is 0.625. The summed E-state index contributed by atoms with van der Waals surface area (Å²) in [7, 11) is 1.69.